The molecule has 0 saturated heterocycles. The van der Waals surface area contributed by atoms with Crippen molar-refractivity contribution in [1.82, 2.24) is 5.32 Å². The maximum absolute atomic E-state index is 12.6. The van der Waals surface area contributed by atoms with Gasteiger partial charge in [0.1, 0.15) is 17.1 Å². The molecule has 0 saturated carbocycles. The van der Waals surface area contributed by atoms with Gasteiger partial charge in [0, 0.05) is 17.7 Å². The molecule has 2 aromatic rings. The maximum atomic E-state index is 12.6. The van der Waals surface area contributed by atoms with E-state index >= 15 is 0 Å². The van der Waals surface area contributed by atoms with Crippen molar-refractivity contribution >= 4 is 11.6 Å². The van der Waals surface area contributed by atoms with Crippen LogP contribution < -0.4 is 15.8 Å². The minimum Gasteiger partial charge on any atom is -0.507 e. The standard InChI is InChI=1S/C19H22N2O3/c1-11-4-6-16(22)14(8-11)18(23)21-15-10-19(2,3)24-17-7-5-12(20)9-13(15)17/h4-9,15,22H,10,20H2,1-3H3,(H,21,23). The number of anilines is 1. The lowest BCUT2D eigenvalue weighted by Gasteiger charge is -2.38. The van der Waals surface area contributed by atoms with Gasteiger partial charge in [-0.2, -0.15) is 0 Å². The second-order valence-electron chi connectivity index (χ2n) is 6.91. The van der Waals surface area contributed by atoms with Crippen molar-refractivity contribution in [3.05, 3.63) is 53.1 Å². The third-order valence-corrected chi connectivity index (χ3v) is 4.19. The van der Waals surface area contributed by atoms with E-state index in [0.717, 1.165) is 16.9 Å². The molecule has 24 heavy (non-hydrogen) atoms. The number of phenols is 1. The van der Waals surface area contributed by atoms with E-state index in [1.165, 1.54) is 6.07 Å². The number of hydrogen-bond acceptors (Lipinski definition) is 4. The van der Waals surface area contributed by atoms with E-state index in [1.54, 1.807) is 18.2 Å². The van der Waals surface area contributed by atoms with Crippen LogP contribution in [0.3, 0.4) is 0 Å². The van der Waals surface area contributed by atoms with Crippen LogP contribution in [0.2, 0.25) is 0 Å². The Labute approximate surface area is 141 Å². The van der Waals surface area contributed by atoms with Crippen LogP contribution in [0.5, 0.6) is 11.5 Å². The Morgan fingerprint density at radius 2 is 2.04 bits per heavy atom. The smallest absolute Gasteiger partial charge is 0.255 e. The second kappa shape index (κ2) is 5.74. The van der Waals surface area contributed by atoms with Crippen LogP contribution in [0.1, 0.15) is 47.8 Å². The zero-order valence-corrected chi connectivity index (χ0v) is 14.1. The molecule has 3 rings (SSSR count). The third-order valence-electron chi connectivity index (χ3n) is 4.19. The van der Waals surface area contributed by atoms with Gasteiger partial charge in [-0.15, -0.1) is 0 Å². The quantitative estimate of drug-likeness (QED) is 0.739. The van der Waals surface area contributed by atoms with Crippen molar-refractivity contribution in [1.29, 1.82) is 0 Å². The predicted octanol–water partition coefficient (Wildman–Crippen LogP) is 3.32. The number of ether oxygens (including phenoxy) is 1. The summed E-state index contributed by atoms with van der Waals surface area (Å²) in [6, 6.07) is 10.2. The highest BCUT2D eigenvalue weighted by molar-refractivity contribution is 5.97. The van der Waals surface area contributed by atoms with Crippen LogP contribution in [0.4, 0.5) is 5.69 Å². The summed E-state index contributed by atoms with van der Waals surface area (Å²) < 4.78 is 5.98. The molecular formula is C19H22N2O3. The lowest BCUT2D eigenvalue weighted by Crippen LogP contribution is -2.41. The summed E-state index contributed by atoms with van der Waals surface area (Å²) in [5.41, 5.74) is 8.14. The number of hydrogen-bond donors (Lipinski definition) is 3. The molecule has 0 bridgehead atoms. The molecule has 5 heteroatoms. The molecule has 0 aliphatic carbocycles. The van der Waals surface area contributed by atoms with Gasteiger partial charge in [0.15, 0.2) is 0 Å². The van der Waals surface area contributed by atoms with E-state index in [1.807, 2.05) is 32.9 Å². The summed E-state index contributed by atoms with van der Waals surface area (Å²) in [5, 5.41) is 13.0. The number of carbonyl (C=O) groups is 1. The van der Waals surface area contributed by atoms with Crippen molar-refractivity contribution in [2.75, 3.05) is 5.73 Å². The summed E-state index contributed by atoms with van der Waals surface area (Å²) in [5.74, 6) is 0.378. The molecule has 5 nitrogen and oxygen atoms in total. The number of carbonyl (C=O) groups excluding carboxylic acids is 1. The van der Waals surface area contributed by atoms with Gasteiger partial charge in [-0.25, -0.2) is 0 Å². The maximum Gasteiger partial charge on any atom is 0.255 e. The number of nitrogens with two attached hydrogens (primary N) is 1. The summed E-state index contributed by atoms with van der Waals surface area (Å²) >= 11 is 0. The third kappa shape index (κ3) is 3.15. The predicted molar refractivity (Wildman–Crippen MR) is 93.2 cm³/mol. The molecule has 0 aromatic heterocycles. The van der Waals surface area contributed by atoms with Crippen LogP contribution >= 0.6 is 0 Å². The number of phenolic OH excluding ortho intramolecular Hbond substituents is 1. The molecular weight excluding hydrogens is 304 g/mol. The average Bonchev–Trinajstić information content (AvgIpc) is 2.49. The first-order valence-electron chi connectivity index (χ1n) is 7.94. The van der Waals surface area contributed by atoms with Crippen LogP contribution in [0.15, 0.2) is 36.4 Å². The van der Waals surface area contributed by atoms with Crippen LogP contribution in [-0.4, -0.2) is 16.6 Å². The zero-order chi connectivity index (χ0) is 17.5. The second-order valence-corrected chi connectivity index (χ2v) is 6.91. The molecule has 0 spiro atoms. The molecule has 1 aliphatic heterocycles. The van der Waals surface area contributed by atoms with Crippen molar-refractivity contribution in [3.63, 3.8) is 0 Å². The van der Waals surface area contributed by atoms with E-state index in [0.29, 0.717) is 12.1 Å². The van der Waals surface area contributed by atoms with Gasteiger partial charge >= 0.3 is 0 Å². The molecule has 0 fully saturated rings. The normalized spacial score (nSPS) is 18.4. The fourth-order valence-corrected chi connectivity index (χ4v) is 3.07. The Hall–Kier alpha value is -2.69. The first-order chi connectivity index (χ1) is 11.2. The minimum absolute atomic E-state index is 0.0304. The first-order valence-corrected chi connectivity index (χ1v) is 7.94. The SMILES string of the molecule is Cc1ccc(O)c(C(=O)NC2CC(C)(C)Oc3ccc(N)cc32)c1. The number of aryl methyl sites for hydroxylation is 1. The molecule has 1 amide bonds. The zero-order valence-electron chi connectivity index (χ0n) is 14.1. The van der Waals surface area contributed by atoms with Gasteiger partial charge in [0.25, 0.3) is 5.91 Å². The van der Waals surface area contributed by atoms with Crippen molar-refractivity contribution < 1.29 is 14.6 Å². The Bertz CT molecular complexity index is 799. The molecule has 1 atom stereocenters. The largest absolute Gasteiger partial charge is 0.507 e. The van der Waals surface area contributed by atoms with Gasteiger partial charge in [0.05, 0.1) is 11.6 Å². The number of benzene rings is 2. The summed E-state index contributed by atoms with van der Waals surface area (Å²) in [6.07, 6.45) is 0.613. The Morgan fingerprint density at radius 1 is 1.29 bits per heavy atom. The van der Waals surface area contributed by atoms with Crippen LogP contribution in [0.25, 0.3) is 0 Å². The number of aromatic hydroxyl groups is 1. The molecule has 1 heterocycles. The molecule has 1 unspecified atom stereocenters. The van der Waals surface area contributed by atoms with E-state index in [2.05, 4.69) is 5.32 Å². The average molecular weight is 326 g/mol. The molecule has 0 radical (unpaired) electrons. The lowest BCUT2D eigenvalue weighted by molar-refractivity contribution is 0.0619. The fraction of sp³-hybridized carbons (Fsp3) is 0.316. The van der Waals surface area contributed by atoms with Gasteiger partial charge in [0.2, 0.25) is 0 Å². The summed E-state index contributed by atoms with van der Waals surface area (Å²) in [4.78, 5) is 12.6. The van der Waals surface area contributed by atoms with Crippen molar-refractivity contribution in [3.8, 4) is 11.5 Å². The Morgan fingerprint density at radius 3 is 2.79 bits per heavy atom. The first kappa shape index (κ1) is 16.2. The number of amides is 1. The lowest BCUT2D eigenvalue weighted by atomic mass is 9.89. The Balaban J connectivity index is 1.93. The number of rotatable bonds is 2. The highest BCUT2D eigenvalue weighted by atomic mass is 16.5. The van der Waals surface area contributed by atoms with E-state index in [9.17, 15) is 9.90 Å². The monoisotopic (exact) mass is 326 g/mol. The van der Waals surface area contributed by atoms with Crippen LogP contribution in [0, 0.1) is 6.92 Å². The molecule has 4 N–H and O–H groups in total. The summed E-state index contributed by atoms with van der Waals surface area (Å²) in [7, 11) is 0. The van der Waals surface area contributed by atoms with Gasteiger partial charge < -0.3 is 20.9 Å². The Kier molecular flexibility index (Phi) is 3.87. The highest BCUT2D eigenvalue weighted by Gasteiger charge is 2.35. The topological polar surface area (TPSA) is 84.6 Å². The number of nitrogen functional groups attached to an aromatic ring is 1. The van der Waals surface area contributed by atoms with Crippen molar-refractivity contribution in [2.45, 2.75) is 38.8 Å². The van der Waals surface area contributed by atoms with Crippen LogP contribution in [-0.2, 0) is 0 Å². The molecule has 1 aliphatic rings. The molecule has 126 valence electrons. The van der Waals surface area contributed by atoms with E-state index < -0.39 is 5.60 Å². The van der Waals surface area contributed by atoms with Crippen molar-refractivity contribution in [2.24, 2.45) is 0 Å². The fourth-order valence-electron chi connectivity index (χ4n) is 3.07. The molecule has 2 aromatic carbocycles. The van der Waals surface area contributed by atoms with Gasteiger partial charge in [-0.05, 0) is 51.1 Å². The van der Waals surface area contributed by atoms with Gasteiger partial charge in [-0.3, -0.25) is 4.79 Å². The number of fused-ring (bicyclic) bond motifs is 1. The minimum atomic E-state index is -0.407. The summed E-state index contributed by atoms with van der Waals surface area (Å²) in [6.45, 7) is 5.84. The van der Waals surface area contributed by atoms with E-state index in [4.69, 9.17) is 10.5 Å². The highest BCUT2D eigenvalue weighted by Crippen LogP contribution is 2.40. The van der Waals surface area contributed by atoms with Gasteiger partial charge in [-0.1, -0.05) is 11.6 Å². The number of nitrogens with one attached hydrogen (secondary N) is 1. The van der Waals surface area contributed by atoms with E-state index in [-0.39, 0.29) is 23.3 Å².